The summed E-state index contributed by atoms with van der Waals surface area (Å²) in [7, 11) is 0. The molecule has 8 heteroatoms. The fourth-order valence-electron chi connectivity index (χ4n) is 3.13. The molecule has 2 heterocycles. The van der Waals surface area contributed by atoms with Crippen LogP contribution in [0.15, 0.2) is 24.5 Å². The van der Waals surface area contributed by atoms with Crippen molar-refractivity contribution in [2.75, 3.05) is 13.2 Å². The lowest BCUT2D eigenvalue weighted by molar-refractivity contribution is 0.0511. The zero-order valence-electron chi connectivity index (χ0n) is 19.4. The molecule has 0 aliphatic heterocycles. The Morgan fingerprint density at radius 3 is 2.16 bits per heavy atom. The largest absolute Gasteiger partial charge is 0.477 e. The van der Waals surface area contributed by atoms with Crippen LogP contribution < -0.4 is 9.47 Å². The van der Waals surface area contributed by atoms with Crippen molar-refractivity contribution in [1.29, 1.82) is 0 Å². The first-order valence-corrected chi connectivity index (χ1v) is 11.2. The maximum absolute atomic E-state index is 11.8. The average Bonchev–Trinajstić information content (AvgIpc) is 3.57. The fraction of sp³-hybridized carbons (Fsp3) is 0.696. The SMILES string of the molecule is CCC1(COc2ccn(C(=O)OC(C)(C)C)n2)CC1.CCC1(COc2ccn[nH]2)CC1. The number of aromatic nitrogens is 4. The smallest absolute Gasteiger partial charge is 0.435 e. The van der Waals surface area contributed by atoms with Gasteiger partial charge >= 0.3 is 6.09 Å². The van der Waals surface area contributed by atoms with Gasteiger partial charge in [-0.25, -0.2) is 9.89 Å². The highest BCUT2D eigenvalue weighted by Crippen LogP contribution is 2.49. The van der Waals surface area contributed by atoms with Gasteiger partial charge in [0, 0.05) is 29.2 Å². The van der Waals surface area contributed by atoms with E-state index >= 15 is 0 Å². The van der Waals surface area contributed by atoms with Gasteiger partial charge in [-0.15, -0.1) is 5.10 Å². The zero-order valence-corrected chi connectivity index (χ0v) is 19.4. The molecule has 172 valence electrons. The molecule has 2 aromatic heterocycles. The Bertz CT molecular complexity index is 830. The fourth-order valence-corrected chi connectivity index (χ4v) is 3.13. The van der Waals surface area contributed by atoms with Crippen molar-refractivity contribution in [2.45, 2.75) is 78.7 Å². The van der Waals surface area contributed by atoms with Gasteiger partial charge in [-0.05, 0) is 59.3 Å². The van der Waals surface area contributed by atoms with Gasteiger partial charge in [-0.2, -0.15) is 9.78 Å². The zero-order chi connectivity index (χ0) is 22.5. The van der Waals surface area contributed by atoms with Crippen LogP contribution in [0, 0.1) is 10.8 Å². The highest BCUT2D eigenvalue weighted by molar-refractivity contribution is 5.69. The number of nitrogens with zero attached hydrogens (tertiary/aromatic N) is 3. The summed E-state index contributed by atoms with van der Waals surface area (Å²) in [5.74, 6) is 1.26. The van der Waals surface area contributed by atoms with Gasteiger partial charge in [-0.3, -0.25) is 0 Å². The summed E-state index contributed by atoms with van der Waals surface area (Å²) in [5.41, 5.74) is 0.311. The molecular weight excluding hydrogens is 396 g/mol. The number of carbonyl (C=O) groups excluding carboxylic acids is 1. The molecule has 2 fully saturated rings. The van der Waals surface area contributed by atoms with E-state index in [4.69, 9.17) is 14.2 Å². The van der Waals surface area contributed by atoms with Crippen molar-refractivity contribution >= 4 is 6.09 Å². The van der Waals surface area contributed by atoms with E-state index < -0.39 is 11.7 Å². The van der Waals surface area contributed by atoms with E-state index in [2.05, 4.69) is 29.1 Å². The summed E-state index contributed by atoms with van der Waals surface area (Å²) in [6.07, 6.45) is 10.2. The van der Waals surface area contributed by atoms with Crippen molar-refractivity contribution in [3.63, 3.8) is 0 Å². The third kappa shape index (κ3) is 7.01. The third-order valence-corrected chi connectivity index (χ3v) is 6.09. The standard InChI is InChI=1S/C14H22N2O3.C9H14N2O/c1-5-14(7-8-14)10-18-11-6-9-16(15-11)12(17)19-13(2,3)4;1-2-9(4-5-9)7-12-8-3-6-10-11-8/h6,9H,5,7-8,10H2,1-4H3;3,6H,2,4-5,7H2,1H3,(H,10,11). The molecule has 31 heavy (non-hydrogen) atoms. The monoisotopic (exact) mass is 432 g/mol. The van der Waals surface area contributed by atoms with Crippen LogP contribution in [0.3, 0.4) is 0 Å². The normalized spacial score (nSPS) is 17.8. The maximum atomic E-state index is 11.8. The number of aromatic amines is 1. The topological polar surface area (TPSA) is 91.3 Å². The van der Waals surface area contributed by atoms with E-state index in [1.54, 1.807) is 18.5 Å². The number of H-pyrrole nitrogens is 1. The Kier molecular flexibility index (Phi) is 6.96. The minimum atomic E-state index is -0.523. The molecule has 0 aromatic carbocycles. The van der Waals surface area contributed by atoms with Gasteiger partial charge in [0.1, 0.15) is 5.60 Å². The second-order valence-electron chi connectivity index (χ2n) is 9.78. The van der Waals surface area contributed by atoms with Gasteiger partial charge in [0.2, 0.25) is 11.8 Å². The molecule has 0 spiro atoms. The molecule has 0 unspecified atom stereocenters. The van der Waals surface area contributed by atoms with Crippen molar-refractivity contribution < 1.29 is 19.0 Å². The lowest BCUT2D eigenvalue weighted by atomic mass is 10.1. The van der Waals surface area contributed by atoms with E-state index in [0.717, 1.165) is 18.9 Å². The maximum Gasteiger partial charge on any atom is 0.435 e. The lowest BCUT2D eigenvalue weighted by Crippen LogP contribution is -2.27. The Labute approximate surface area is 184 Å². The number of rotatable bonds is 8. The molecule has 0 bridgehead atoms. The van der Waals surface area contributed by atoms with Crippen LogP contribution in [-0.4, -0.2) is 44.9 Å². The first-order chi connectivity index (χ1) is 14.7. The van der Waals surface area contributed by atoms with E-state index in [-0.39, 0.29) is 0 Å². The predicted octanol–water partition coefficient (Wildman–Crippen LogP) is 5.21. The molecule has 2 saturated carbocycles. The van der Waals surface area contributed by atoms with Crippen LogP contribution in [-0.2, 0) is 4.74 Å². The van der Waals surface area contributed by atoms with E-state index in [9.17, 15) is 4.79 Å². The van der Waals surface area contributed by atoms with E-state index in [1.165, 1.54) is 36.8 Å². The number of hydrogen-bond donors (Lipinski definition) is 1. The molecule has 2 aliphatic carbocycles. The number of ether oxygens (including phenoxy) is 3. The van der Waals surface area contributed by atoms with Gasteiger partial charge in [-0.1, -0.05) is 13.8 Å². The highest BCUT2D eigenvalue weighted by atomic mass is 16.6. The number of carbonyl (C=O) groups is 1. The average molecular weight is 433 g/mol. The lowest BCUT2D eigenvalue weighted by Gasteiger charge is -2.18. The first kappa shape index (κ1) is 23.2. The Morgan fingerprint density at radius 2 is 1.68 bits per heavy atom. The molecule has 2 aliphatic rings. The number of nitrogens with one attached hydrogen (secondary N) is 1. The summed E-state index contributed by atoms with van der Waals surface area (Å²) in [6, 6.07) is 3.54. The number of hydrogen-bond acceptors (Lipinski definition) is 6. The van der Waals surface area contributed by atoms with E-state index in [1.807, 2.05) is 26.8 Å². The Balaban J connectivity index is 0.000000194. The van der Waals surface area contributed by atoms with Crippen LogP contribution in [0.1, 0.15) is 73.1 Å². The summed E-state index contributed by atoms with van der Waals surface area (Å²) < 4.78 is 17.6. The molecular formula is C23H36N4O4. The van der Waals surface area contributed by atoms with Crippen molar-refractivity contribution in [3.05, 3.63) is 24.5 Å². The molecule has 8 nitrogen and oxygen atoms in total. The third-order valence-electron chi connectivity index (χ3n) is 6.09. The Hall–Kier alpha value is -2.51. The van der Waals surface area contributed by atoms with Crippen LogP contribution >= 0.6 is 0 Å². The Morgan fingerprint density at radius 1 is 1.06 bits per heavy atom. The van der Waals surface area contributed by atoms with Crippen molar-refractivity contribution in [1.82, 2.24) is 20.0 Å². The summed E-state index contributed by atoms with van der Waals surface area (Å²) in [5, 5.41) is 10.7. The minimum Gasteiger partial charge on any atom is -0.477 e. The van der Waals surface area contributed by atoms with Crippen LogP contribution in [0.25, 0.3) is 0 Å². The molecule has 0 saturated heterocycles. The van der Waals surface area contributed by atoms with Crippen LogP contribution in [0.2, 0.25) is 0 Å². The predicted molar refractivity (Wildman–Crippen MR) is 117 cm³/mol. The van der Waals surface area contributed by atoms with Gasteiger partial charge in [0.05, 0.1) is 19.4 Å². The van der Waals surface area contributed by atoms with Gasteiger partial charge in [0.15, 0.2) is 0 Å². The minimum absolute atomic E-state index is 0.343. The molecule has 0 radical (unpaired) electrons. The van der Waals surface area contributed by atoms with Gasteiger partial charge < -0.3 is 14.2 Å². The highest BCUT2D eigenvalue weighted by Gasteiger charge is 2.42. The molecule has 0 amide bonds. The van der Waals surface area contributed by atoms with Crippen molar-refractivity contribution in [3.8, 4) is 11.8 Å². The summed E-state index contributed by atoms with van der Waals surface area (Å²) in [6.45, 7) is 11.4. The second-order valence-corrected chi connectivity index (χ2v) is 9.78. The quantitative estimate of drug-likeness (QED) is 0.615. The first-order valence-electron chi connectivity index (χ1n) is 11.2. The molecule has 1 N–H and O–H groups in total. The molecule has 2 aromatic rings. The van der Waals surface area contributed by atoms with Gasteiger partial charge in [0.25, 0.3) is 0 Å². The summed E-state index contributed by atoms with van der Waals surface area (Å²) >= 11 is 0. The summed E-state index contributed by atoms with van der Waals surface area (Å²) in [4.78, 5) is 11.8. The molecule has 0 atom stereocenters. The van der Waals surface area contributed by atoms with E-state index in [0.29, 0.717) is 23.3 Å². The second kappa shape index (κ2) is 9.32. The van der Waals surface area contributed by atoms with Crippen molar-refractivity contribution in [2.24, 2.45) is 10.8 Å². The molecule has 4 rings (SSSR count). The van der Waals surface area contributed by atoms with Crippen LogP contribution in [0.5, 0.6) is 11.8 Å². The van der Waals surface area contributed by atoms with Crippen LogP contribution in [0.4, 0.5) is 4.79 Å².